The Morgan fingerprint density at radius 1 is 0.851 bits per heavy atom. The number of carbonyl (C=O) groups excluding carboxylic acids is 2. The van der Waals surface area contributed by atoms with Crippen molar-refractivity contribution >= 4 is 39.2 Å². The summed E-state index contributed by atoms with van der Waals surface area (Å²) in [6.07, 6.45) is 2.00. The van der Waals surface area contributed by atoms with Gasteiger partial charge in [-0.2, -0.15) is 0 Å². The molecule has 1 aliphatic heterocycles. The number of anilines is 1. The molecule has 4 rings (SSSR count). The highest BCUT2D eigenvalue weighted by atomic mass is 32.2. The van der Waals surface area contributed by atoms with Crippen LogP contribution < -0.4 is 4.90 Å². The number of aryl methyl sites for hydroxylation is 2. The van der Waals surface area contributed by atoms with Crippen molar-refractivity contribution in [3.05, 3.63) is 101 Å². The third-order valence-corrected chi connectivity index (χ3v) is 9.40. The van der Waals surface area contributed by atoms with Crippen LogP contribution in [0.5, 0.6) is 0 Å². The number of benzene rings is 3. The zero-order chi connectivity index (χ0) is 34.3. The summed E-state index contributed by atoms with van der Waals surface area (Å²) in [5, 5.41) is 28.3. The second kappa shape index (κ2) is 15.4. The number of Topliss-reactive ketones (excluding diaryl/α,β-unsaturated/α-hetero) is 1. The summed E-state index contributed by atoms with van der Waals surface area (Å²) >= 11 is 0. The number of ketones is 1. The maximum Gasteiger partial charge on any atom is 0.317 e. The van der Waals surface area contributed by atoms with Gasteiger partial charge in [-0.15, -0.1) is 0 Å². The van der Waals surface area contributed by atoms with E-state index in [-0.39, 0.29) is 49.2 Å². The Bertz CT molecular complexity index is 1680. The first-order valence-electron chi connectivity index (χ1n) is 15.3. The molecule has 10 nitrogen and oxygen atoms in total. The number of carboxylic acid groups (broad SMARTS) is 2. The standard InChI is InChI=1S/C35H38FNO9S/c1-47(45,46)21-28(38)18-9-23-7-16-27(17-8-23)37-32(29(33(37)40)19-20-31(39)24-12-14-26(36)15-13-24)25-10-5-22(6-11-25)3-2-4-30(34(41)42)35(43)44/h5-8,10-17,28-30,32,38H,2-4,9,18-21H2,1H3,(H,41,42)(H,43,44)/t28?,29-,32-/m1/s1. The molecule has 47 heavy (non-hydrogen) atoms. The number of hydrogen-bond donors (Lipinski definition) is 3. The molecule has 3 atom stereocenters. The van der Waals surface area contributed by atoms with Gasteiger partial charge in [0.2, 0.25) is 5.91 Å². The number of amides is 1. The zero-order valence-corrected chi connectivity index (χ0v) is 26.7. The quantitative estimate of drug-likeness (QED) is 0.106. The van der Waals surface area contributed by atoms with Crippen molar-refractivity contribution in [2.45, 2.75) is 57.1 Å². The van der Waals surface area contributed by atoms with E-state index in [0.717, 1.165) is 22.9 Å². The van der Waals surface area contributed by atoms with Crippen LogP contribution >= 0.6 is 0 Å². The summed E-state index contributed by atoms with van der Waals surface area (Å²) in [5.74, 6) is -5.83. The number of aliphatic hydroxyl groups excluding tert-OH is 1. The van der Waals surface area contributed by atoms with Crippen molar-refractivity contribution in [1.29, 1.82) is 0 Å². The van der Waals surface area contributed by atoms with Gasteiger partial charge in [0.25, 0.3) is 0 Å². The summed E-state index contributed by atoms with van der Waals surface area (Å²) in [7, 11) is -3.30. The van der Waals surface area contributed by atoms with E-state index in [0.29, 0.717) is 30.5 Å². The first-order chi connectivity index (χ1) is 22.2. The van der Waals surface area contributed by atoms with Crippen LogP contribution in [0.25, 0.3) is 0 Å². The Hall–Kier alpha value is -4.42. The Morgan fingerprint density at radius 2 is 1.43 bits per heavy atom. The molecule has 1 aliphatic rings. The molecule has 0 aliphatic carbocycles. The fraction of sp³-hybridized carbons (Fsp3) is 0.371. The van der Waals surface area contributed by atoms with Crippen molar-refractivity contribution < 1.29 is 47.3 Å². The van der Waals surface area contributed by atoms with Gasteiger partial charge in [-0.05, 0) is 91.6 Å². The summed E-state index contributed by atoms with van der Waals surface area (Å²) in [5.41, 5.74) is 3.57. The molecule has 250 valence electrons. The summed E-state index contributed by atoms with van der Waals surface area (Å²) in [4.78, 5) is 50.4. The van der Waals surface area contributed by atoms with Gasteiger partial charge in [0.05, 0.1) is 23.8 Å². The molecule has 0 aromatic heterocycles. The topological polar surface area (TPSA) is 166 Å². The van der Waals surface area contributed by atoms with Crippen LogP contribution in [0.1, 0.15) is 65.2 Å². The first kappa shape index (κ1) is 35.4. The van der Waals surface area contributed by atoms with Crippen molar-refractivity contribution in [1.82, 2.24) is 0 Å². The maximum atomic E-state index is 13.5. The molecule has 3 N–H and O–H groups in total. The normalized spacial score (nSPS) is 16.9. The van der Waals surface area contributed by atoms with E-state index in [1.807, 2.05) is 36.4 Å². The fourth-order valence-electron chi connectivity index (χ4n) is 5.90. The van der Waals surface area contributed by atoms with E-state index in [2.05, 4.69) is 0 Å². The molecule has 1 amide bonds. The van der Waals surface area contributed by atoms with Gasteiger partial charge >= 0.3 is 11.9 Å². The largest absolute Gasteiger partial charge is 0.481 e. The van der Waals surface area contributed by atoms with Gasteiger partial charge in [-0.25, -0.2) is 12.8 Å². The van der Waals surface area contributed by atoms with Crippen molar-refractivity contribution in [2.24, 2.45) is 11.8 Å². The van der Waals surface area contributed by atoms with Crippen molar-refractivity contribution in [3.8, 4) is 0 Å². The van der Waals surface area contributed by atoms with Crippen LogP contribution in [0.3, 0.4) is 0 Å². The van der Waals surface area contributed by atoms with Gasteiger partial charge in [0.15, 0.2) is 11.7 Å². The Morgan fingerprint density at radius 3 is 2.00 bits per heavy atom. The van der Waals surface area contributed by atoms with Crippen LogP contribution in [0, 0.1) is 17.7 Å². The molecular weight excluding hydrogens is 629 g/mol. The lowest BCUT2D eigenvalue weighted by atomic mass is 9.78. The highest BCUT2D eigenvalue weighted by Crippen LogP contribution is 2.46. The van der Waals surface area contributed by atoms with Crippen LogP contribution in [0.2, 0.25) is 0 Å². The molecule has 0 spiro atoms. The maximum absolute atomic E-state index is 13.5. The number of hydrogen-bond acceptors (Lipinski definition) is 7. The van der Waals surface area contributed by atoms with Gasteiger partial charge < -0.3 is 20.2 Å². The SMILES string of the molecule is CS(=O)(=O)CC(O)CCc1ccc(N2C(=O)[C@H](CCC(=O)c3ccc(F)cc3)[C@H]2c2ccc(CCCC(C(=O)O)C(=O)O)cc2)cc1. The van der Waals surface area contributed by atoms with E-state index in [1.54, 1.807) is 17.0 Å². The smallest absolute Gasteiger partial charge is 0.317 e. The van der Waals surface area contributed by atoms with Crippen LogP contribution in [0.4, 0.5) is 10.1 Å². The molecule has 3 aromatic carbocycles. The molecule has 1 fully saturated rings. The first-order valence-corrected chi connectivity index (χ1v) is 17.4. The van der Waals surface area contributed by atoms with Crippen LogP contribution in [-0.2, 0) is 37.1 Å². The lowest BCUT2D eigenvalue weighted by Crippen LogP contribution is -2.55. The minimum absolute atomic E-state index is 0.00581. The number of aliphatic carboxylic acids is 2. The number of carboxylic acids is 2. The van der Waals surface area contributed by atoms with E-state index in [1.165, 1.54) is 24.3 Å². The zero-order valence-electron chi connectivity index (χ0n) is 25.9. The number of sulfone groups is 1. The second-order valence-corrected chi connectivity index (χ2v) is 14.2. The highest BCUT2D eigenvalue weighted by molar-refractivity contribution is 7.90. The molecule has 3 aromatic rings. The molecule has 1 saturated heterocycles. The number of nitrogens with zero attached hydrogens (tertiary/aromatic N) is 1. The molecule has 1 heterocycles. The number of β-lactam (4-membered cyclic amide) rings is 1. The molecular formula is C35H38FNO9S. The monoisotopic (exact) mass is 667 g/mol. The molecule has 1 unspecified atom stereocenters. The molecule has 12 heteroatoms. The predicted octanol–water partition coefficient (Wildman–Crippen LogP) is 4.64. The molecule has 0 saturated carbocycles. The number of halogens is 1. The minimum atomic E-state index is -3.30. The average molecular weight is 668 g/mol. The third-order valence-electron chi connectivity index (χ3n) is 8.41. The number of carbonyl (C=O) groups is 4. The highest BCUT2D eigenvalue weighted by Gasteiger charge is 2.48. The van der Waals surface area contributed by atoms with Gasteiger partial charge in [0.1, 0.15) is 15.7 Å². The predicted molar refractivity (Wildman–Crippen MR) is 172 cm³/mol. The Kier molecular flexibility index (Phi) is 11.6. The molecule has 0 radical (unpaired) electrons. The van der Waals surface area contributed by atoms with E-state index < -0.39 is 45.5 Å². The van der Waals surface area contributed by atoms with E-state index >= 15 is 0 Å². The minimum Gasteiger partial charge on any atom is -0.481 e. The lowest BCUT2D eigenvalue weighted by Gasteiger charge is -2.47. The van der Waals surface area contributed by atoms with Crippen molar-refractivity contribution in [3.63, 3.8) is 0 Å². The van der Waals surface area contributed by atoms with Gasteiger partial charge in [-0.3, -0.25) is 19.2 Å². The van der Waals surface area contributed by atoms with Crippen molar-refractivity contribution in [2.75, 3.05) is 16.9 Å². The number of aliphatic hydroxyl groups is 1. The van der Waals surface area contributed by atoms with E-state index in [4.69, 9.17) is 10.2 Å². The fourth-order valence-corrected chi connectivity index (χ4v) is 6.77. The van der Waals surface area contributed by atoms with Gasteiger partial charge in [0, 0.05) is 23.9 Å². The summed E-state index contributed by atoms with van der Waals surface area (Å²) < 4.78 is 36.2. The Balaban J connectivity index is 1.48. The number of rotatable bonds is 17. The third kappa shape index (κ3) is 9.55. The van der Waals surface area contributed by atoms with Crippen LogP contribution in [-0.4, -0.2) is 65.5 Å². The van der Waals surface area contributed by atoms with Gasteiger partial charge in [-0.1, -0.05) is 36.4 Å². The summed E-state index contributed by atoms with van der Waals surface area (Å²) in [6.45, 7) is 0. The average Bonchev–Trinajstić information content (AvgIpc) is 3.01. The van der Waals surface area contributed by atoms with E-state index in [9.17, 15) is 37.1 Å². The summed E-state index contributed by atoms with van der Waals surface area (Å²) in [6, 6.07) is 19.6. The van der Waals surface area contributed by atoms with Crippen LogP contribution in [0.15, 0.2) is 72.8 Å². The lowest BCUT2D eigenvalue weighted by molar-refractivity contribution is -0.154. The molecule has 0 bridgehead atoms. The second-order valence-electron chi connectivity index (χ2n) is 12.0. The Labute approximate surface area is 272 Å².